The van der Waals surface area contributed by atoms with Gasteiger partial charge in [-0.25, -0.2) is 0 Å². The summed E-state index contributed by atoms with van der Waals surface area (Å²) in [7, 11) is 0. The fourth-order valence-electron chi connectivity index (χ4n) is 4.12. The summed E-state index contributed by atoms with van der Waals surface area (Å²) in [5.74, 6) is 0.654. The maximum absolute atomic E-state index is 13.1. The SMILES string of the molecule is CCc1ccc2c(c1)CC1=C(c3ccc(C(C)C)cc3C1=O)N2CC. The number of carbonyl (C=O) groups excluding carboxylic acids is 1. The third-order valence-corrected chi connectivity index (χ3v) is 5.57. The standard InChI is InChI=1S/C23H25NO/c1-5-15-7-10-21-17(11-15)13-20-22(24(21)6-2)18-9-8-16(14(3)4)12-19(18)23(20)25/h7-12,14H,5-6,13H2,1-4H3. The fourth-order valence-corrected chi connectivity index (χ4v) is 4.12. The molecule has 0 radical (unpaired) electrons. The lowest BCUT2D eigenvalue weighted by Crippen LogP contribution is -2.26. The van der Waals surface area contributed by atoms with Crippen molar-refractivity contribution in [1.29, 1.82) is 0 Å². The number of hydrogen-bond donors (Lipinski definition) is 0. The minimum Gasteiger partial charge on any atom is -0.341 e. The van der Waals surface area contributed by atoms with E-state index in [0.717, 1.165) is 41.8 Å². The Kier molecular flexibility index (Phi) is 3.79. The minimum atomic E-state index is 0.221. The average molecular weight is 331 g/mol. The van der Waals surface area contributed by atoms with E-state index in [4.69, 9.17) is 0 Å². The maximum Gasteiger partial charge on any atom is 0.192 e. The maximum atomic E-state index is 13.1. The first-order valence-electron chi connectivity index (χ1n) is 9.36. The number of Topliss-reactive ketones (excluding diaryl/α,β-unsaturated/α-hetero) is 1. The predicted octanol–water partition coefficient (Wildman–Crippen LogP) is 5.36. The fraction of sp³-hybridized carbons (Fsp3) is 0.348. The summed E-state index contributed by atoms with van der Waals surface area (Å²) in [5.41, 5.74) is 9.21. The Hall–Kier alpha value is -2.35. The van der Waals surface area contributed by atoms with Gasteiger partial charge in [0.2, 0.25) is 0 Å². The Morgan fingerprint density at radius 1 is 1.04 bits per heavy atom. The molecule has 0 unspecified atom stereocenters. The van der Waals surface area contributed by atoms with E-state index in [0.29, 0.717) is 5.92 Å². The summed E-state index contributed by atoms with van der Waals surface area (Å²) in [6, 6.07) is 13.2. The van der Waals surface area contributed by atoms with Gasteiger partial charge < -0.3 is 4.90 Å². The Bertz CT molecular complexity index is 904. The van der Waals surface area contributed by atoms with Crippen LogP contribution in [-0.2, 0) is 12.8 Å². The van der Waals surface area contributed by atoms with Crippen molar-refractivity contribution in [1.82, 2.24) is 0 Å². The molecular weight excluding hydrogens is 306 g/mol. The third kappa shape index (κ3) is 2.35. The first-order chi connectivity index (χ1) is 12.0. The van der Waals surface area contributed by atoms with Crippen molar-refractivity contribution in [3.05, 3.63) is 69.8 Å². The number of hydrogen-bond acceptors (Lipinski definition) is 2. The first-order valence-corrected chi connectivity index (χ1v) is 9.36. The number of nitrogens with zero attached hydrogens (tertiary/aromatic N) is 1. The molecule has 0 saturated carbocycles. The largest absolute Gasteiger partial charge is 0.341 e. The summed E-state index contributed by atoms with van der Waals surface area (Å²) in [4.78, 5) is 15.5. The number of anilines is 1. The van der Waals surface area contributed by atoms with Crippen LogP contribution in [0.4, 0.5) is 5.69 Å². The average Bonchev–Trinajstić information content (AvgIpc) is 2.91. The normalized spacial score (nSPS) is 15.6. The van der Waals surface area contributed by atoms with Gasteiger partial charge >= 0.3 is 0 Å². The summed E-state index contributed by atoms with van der Waals surface area (Å²) < 4.78 is 0. The van der Waals surface area contributed by atoms with E-state index in [9.17, 15) is 4.79 Å². The summed E-state index contributed by atoms with van der Waals surface area (Å²) >= 11 is 0. The number of ketones is 1. The zero-order valence-corrected chi connectivity index (χ0v) is 15.5. The van der Waals surface area contributed by atoms with Crippen LogP contribution in [0.2, 0.25) is 0 Å². The van der Waals surface area contributed by atoms with Gasteiger partial charge in [0.25, 0.3) is 0 Å². The predicted molar refractivity (Wildman–Crippen MR) is 104 cm³/mol. The molecule has 2 aromatic rings. The lowest BCUT2D eigenvalue weighted by atomic mass is 9.93. The second-order valence-electron chi connectivity index (χ2n) is 7.35. The van der Waals surface area contributed by atoms with Crippen molar-refractivity contribution in [2.45, 2.75) is 46.5 Å². The minimum absolute atomic E-state index is 0.221. The van der Waals surface area contributed by atoms with E-state index in [-0.39, 0.29) is 5.78 Å². The molecule has 4 rings (SSSR count). The number of fused-ring (bicyclic) bond motifs is 3. The van der Waals surface area contributed by atoms with E-state index in [1.807, 2.05) is 0 Å². The number of carbonyl (C=O) groups is 1. The van der Waals surface area contributed by atoms with Crippen LogP contribution >= 0.6 is 0 Å². The molecule has 1 heterocycles. The van der Waals surface area contributed by atoms with Gasteiger partial charge in [0.05, 0.1) is 5.70 Å². The van der Waals surface area contributed by atoms with Crippen molar-refractivity contribution >= 4 is 17.2 Å². The van der Waals surface area contributed by atoms with E-state index in [1.165, 1.54) is 22.4 Å². The molecule has 128 valence electrons. The quantitative estimate of drug-likeness (QED) is 0.754. The van der Waals surface area contributed by atoms with Gasteiger partial charge in [-0.05, 0) is 48.1 Å². The van der Waals surface area contributed by atoms with Gasteiger partial charge in [-0.3, -0.25) is 4.79 Å². The molecule has 2 heteroatoms. The summed E-state index contributed by atoms with van der Waals surface area (Å²) in [5, 5.41) is 0. The van der Waals surface area contributed by atoms with Crippen molar-refractivity contribution in [2.75, 3.05) is 11.4 Å². The molecule has 0 fully saturated rings. The van der Waals surface area contributed by atoms with E-state index in [1.54, 1.807) is 0 Å². The molecule has 2 aliphatic rings. The Labute approximate surface area is 150 Å². The topological polar surface area (TPSA) is 20.3 Å². The Balaban J connectivity index is 1.86. The van der Waals surface area contributed by atoms with Crippen molar-refractivity contribution in [2.24, 2.45) is 0 Å². The summed E-state index contributed by atoms with van der Waals surface area (Å²) in [6.45, 7) is 9.56. The van der Waals surface area contributed by atoms with Crippen LogP contribution < -0.4 is 4.90 Å². The van der Waals surface area contributed by atoms with Crippen molar-refractivity contribution in [3.63, 3.8) is 0 Å². The molecule has 0 N–H and O–H groups in total. The lowest BCUT2D eigenvalue weighted by molar-refractivity contribution is 0.103. The zero-order chi connectivity index (χ0) is 17.7. The van der Waals surface area contributed by atoms with Gasteiger partial charge in [0.15, 0.2) is 5.78 Å². The Morgan fingerprint density at radius 2 is 1.84 bits per heavy atom. The van der Waals surface area contributed by atoms with Crippen LogP contribution in [-0.4, -0.2) is 12.3 Å². The lowest BCUT2D eigenvalue weighted by Gasteiger charge is -2.32. The van der Waals surface area contributed by atoms with Crippen molar-refractivity contribution < 1.29 is 4.79 Å². The molecule has 25 heavy (non-hydrogen) atoms. The van der Waals surface area contributed by atoms with E-state index >= 15 is 0 Å². The zero-order valence-electron chi connectivity index (χ0n) is 15.5. The highest BCUT2D eigenvalue weighted by atomic mass is 16.1. The molecule has 0 saturated heterocycles. The molecule has 0 spiro atoms. The van der Waals surface area contributed by atoms with Crippen LogP contribution in [0.1, 0.15) is 66.2 Å². The Morgan fingerprint density at radius 3 is 2.52 bits per heavy atom. The smallest absolute Gasteiger partial charge is 0.192 e. The first kappa shape index (κ1) is 16.1. The van der Waals surface area contributed by atoms with Gasteiger partial charge in [-0.2, -0.15) is 0 Å². The van der Waals surface area contributed by atoms with E-state index < -0.39 is 0 Å². The molecule has 0 aromatic heterocycles. The third-order valence-electron chi connectivity index (χ3n) is 5.57. The van der Waals surface area contributed by atoms with Gasteiger partial charge in [0, 0.05) is 35.4 Å². The number of rotatable bonds is 3. The van der Waals surface area contributed by atoms with Crippen molar-refractivity contribution in [3.8, 4) is 0 Å². The second-order valence-corrected chi connectivity index (χ2v) is 7.35. The van der Waals surface area contributed by atoms with Gasteiger partial charge in [-0.1, -0.05) is 45.0 Å². The van der Waals surface area contributed by atoms with Crippen LogP contribution in [0, 0.1) is 0 Å². The molecular formula is C23H25NO. The summed E-state index contributed by atoms with van der Waals surface area (Å²) in [6.07, 6.45) is 1.77. The van der Waals surface area contributed by atoms with Gasteiger partial charge in [0.1, 0.15) is 0 Å². The van der Waals surface area contributed by atoms with Crippen LogP contribution in [0.15, 0.2) is 42.0 Å². The highest BCUT2D eigenvalue weighted by Crippen LogP contribution is 2.45. The molecule has 0 amide bonds. The highest BCUT2D eigenvalue weighted by molar-refractivity contribution is 6.23. The number of aryl methyl sites for hydroxylation is 1. The van der Waals surface area contributed by atoms with Gasteiger partial charge in [-0.15, -0.1) is 0 Å². The van der Waals surface area contributed by atoms with Crippen LogP contribution in [0.5, 0.6) is 0 Å². The second kappa shape index (κ2) is 5.87. The molecule has 2 aromatic carbocycles. The molecule has 2 nitrogen and oxygen atoms in total. The highest BCUT2D eigenvalue weighted by Gasteiger charge is 2.36. The number of benzene rings is 2. The molecule has 0 atom stereocenters. The molecule has 1 aliphatic carbocycles. The van der Waals surface area contributed by atoms with Crippen LogP contribution in [0.3, 0.4) is 0 Å². The molecule has 1 aliphatic heterocycles. The van der Waals surface area contributed by atoms with E-state index in [2.05, 4.69) is 69.0 Å². The number of allylic oxidation sites excluding steroid dienone is 1. The monoisotopic (exact) mass is 331 g/mol. The molecule has 0 bridgehead atoms. The van der Waals surface area contributed by atoms with Crippen LogP contribution in [0.25, 0.3) is 5.70 Å².